The summed E-state index contributed by atoms with van der Waals surface area (Å²) in [5.74, 6) is -0.262. The van der Waals surface area contributed by atoms with Crippen LogP contribution in [0.4, 0.5) is 0 Å². The minimum absolute atomic E-state index is 0.0505. The Morgan fingerprint density at radius 1 is 1.05 bits per heavy atom. The lowest BCUT2D eigenvalue weighted by molar-refractivity contribution is -0.119. The van der Waals surface area contributed by atoms with E-state index in [1.165, 1.54) is 6.92 Å². The number of nitrogens with one attached hydrogen (secondary N) is 1. The lowest BCUT2D eigenvalue weighted by atomic mass is 9.98. The largest absolute Gasteiger partial charge is 0.349 e. The molecule has 3 nitrogen and oxygen atoms in total. The van der Waals surface area contributed by atoms with E-state index < -0.39 is 6.04 Å². The molecule has 22 heavy (non-hydrogen) atoms. The second-order valence-electron chi connectivity index (χ2n) is 4.92. The van der Waals surface area contributed by atoms with Crippen LogP contribution in [-0.4, -0.2) is 11.7 Å². The molecule has 0 aliphatic carbocycles. The molecule has 1 unspecified atom stereocenters. The number of hydrogen-bond donors (Lipinski definition) is 1. The number of amides is 1. The van der Waals surface area contributed by atoms with Gasteiger partial charge in [0.05, 0.1) is 16.1 Å². The predicted octanol–water partition coefficient (Wildman–Crippen LogP) is 4.44. The Morgan fingerprint density at radius 3 is 2.32 bits per heavy atom. The van der Waals surface area contributed by atoms with Gasteiger partial charge in [0.25, 0.3) is 0 Å². The van der Waals surface area contributed by atoms with Gasteiger partial charge in [0, 0.05) is 18.9 Å². The first-order chi connectivity index (χ1) is 10.5. The first kappa shape index (κ1) is 16.5. The summed E-state index contributed by atoms with van der Waals surface area (Å²) in [6.45, 7) is 1.41. The zero-order chi connectivity index (χ0) is 16.1. The van der Waals surface area contributed by atoms with Crippen molar-refractivity contribution in [2.24, 2.45) is 0 Å². The first-order valence-corrected chi connectivity index (χ1v) is 7.53. The van der Waals surface area contributed by atoms with E-state index in [2.05, 4.69) is 5.32 Å². The standard InChI is InChI=1S/C17H15Cl2NO2/c1-11(21)20-16(13-7-8-14(18)15(19)9-13)10-17(22)12-5-3-2-4-6-12/h2-9,16H,10H2,1H3,(H,20,21). The van der Waals surface area contributed by atoms with Crippen molar-refractivity contribution in [3.05, 3.63) is 69.7 Å². The van der Waals surface area contributed by atoms with Gasteiger partial charge in [0.2, 0.25) is 5.91 Å². The summed E-state index contributed by atoms with van der Waals surface area (Å²) in [5.41, 5.74) is 1.35. The van der Waals surface area contributed by atoms with Crippen LogP contribution in [0.25, 0.3) is 0 Å². The molecule has 1 atom stereocenters. The summed E-state index contributed by atoms with van der Waals surface area (Å²) in [5, 5.41) is 3.60. The molecule has 0 saturated heterocycles. The third-order valence-electron chi connectivity index (χ3n) is 3.21. The average molecular weight is 336 g/mol. The van der Waals surface area contributed by atoms with Crippen molar-refractivity contribution in [2.75, 3.05) is 0 Å². The quantitative estimate of drug-likeness (QED) is 0.821. The molecule has 0 aromatic heterocycles. The minimum atomic E-state index is -0.444. The molecule has 0 heterocycles. The lowest BCUT2D eigenvalue weighted by Gasteiger charge is -2.18. The molecule has 2 rings (SSSR count). The summed E-state index contributed by atoms with van der Waals surface area (Å²) in [6.07, 6.45) is 0.154. The fourth-order valence-electron chi connectivity index (χ4n) is 2.15. The van der Waals surface area contributed by atoms with Crippen molar-refractivity contribution in [3.63, 3.8) is 0 Å². The summed E-state index contributed by atoms with van der Waals surface area (Å²) in [6, 6.07) is 13.6. The third kappa shape index (κ3) is 4.33. The number of rotatable bonds is 5. The van der Waals surface area contributed by atoms with Gasteiger partial charge in [-0.1, -0.05) is 59.6 Å². The van der Waals surface area contributed by atoms with Gasteiger partial charge >= 0.3 is 0 Å². The van der Waals surface area contributed by atoms with Gasteiger partial charge < -0.3 is 5.32 Å². The molecule has 0 radical (unpaired) electrons. The van der Waals surface area contributed by atoms with Crippen molar-refractivity contribution >= 4 is 34.9 Å². The highest BCUT2D eigenvalue weighted by Gasteiger charge is 2.19. The number of halogens is 2. The first-order valence-electron chi connectivity index (χ1n) is 6.77. The van der Waals surface area contributed by atoms with Crippen LogP contribution >= 0.6 is 23.2 Å². The maximum absolute atomic E-state index is 12.4. The highest BCUT2D eigenvalue weighted by molar-refractivity contribution is 6.42. The van der Waals surface area contributed by atoms with Gasteiger partial charge in [0.15, 0.2) is 5.78 Å². The van der Waals surface area contributed by atoms with E-state index in [1.54, 1.807) is 42.5 Å². The summed E-state index contributed by atoms with van der Waals surface area (Å²) in [7, 11) is 0. The van der Waals surface area contributed by atoms with Crippen molar-refractivity contribution in [3.8, 4) is 0 Å². The van der Waals surface area contributed by atoms with Crippen LogP contribution in [0.5, 0.6) is 0 Å². The zero-order valence-corrected chi connectivity index (χ0v) is 13.5. The number of carbonyl (C=O) groups excluding carboxylic acids is 2. The van der Waals surface area contributed by atoms with E-state index in [9.17, 15) is 9.59 Å². The van der Waals surface area contributed by atoms with Crippen LogP contribution in [0.15, 0.2) is 48.5 Å². The number of hydrogen-bond acceptors (Lipinski definition) is 2. The van der Waals surface area contributed by atoms with E-state index in [-0.39, 0.29) is 18.1 Å². The maximum atomic E-state index is 12.4. The van der Waals surface area contributed by atoms with E-state index in [0.29, 0.717) is 15.6 Å². The Kier molecular flexibility index (Phi) is 5.58. The van der Waals surface area contributed by atoms with Crippen LogP contribution in [0.2, 0.25) is 10.0 Å². The van der Waals surface area contributed by atoms with Gasteiger partial charge in [-0.25, -0.2) is 0 Å². The number of benzene rings is 2. The van der Waals surface area contributed by atoms with Crippen LogP contribution < -0.4 is 5.32 Å². The van der Waals surface area contributed by atoms with Crippen molar-refractivity contribution in [2.45, 2.75) is 19.4 Å². The average Bonchev–Trinajstić information content (AvgIpc) is 2.49. The SMILES string of the molecule is CC(=O)NC(CC(=O)c1ccccc1)c1ccc(Cl)c(Cl)c1. The lowest BCUT2D eigenvalue weighted by Crippen LogP contribution is -2.28. The summed E-state index contributed by atoms with van der Waals surface area (Å²) < 4.78 is 0. The number of Topliss-reactive ketones (excluding diaryl/α,β-unsaturated/α-hetero) is 1. The number of carbonyl (C=O) groups is 2. The zero-order valence-electron chi connectivity index (χ0n) is 12.0. The van der Waals surface area contributed by atoms with Gasteiger partial charge in [0.1, 0.15) is 0 Å². The summed E-state index contributed by atoms with van der Waals surface area (Å²) >= 11 is 11.9. The van der Waals surface area contributed by atoms with Gasteiger partial charge in [-0.3, -0.25) is 9.59 Å². The molecule has 0 aliphatic rings. The fraction of sp³-hybridized carbons (Fsp3) is 0.176. The Hall–Kier alpha value is -1.84. The Morgan fingerprint density at radius 2 is 1.73 bits per heavy atom. The van der Waals surface area contributed by atoms with Crippen LogP contribution in [0.3, 0.4) is 0 Å². The van der Waals surface area contributed by atoms with Crippen molar-refractivity contribution < 1.29 is 9.59 Å². The molecule has 2 aromatic rings. The molecular weight excluding hydrogens is 321 g/mol. The Labute approximate surface area is 139 Å². The molecule has 0 spiro atoms. The fourth-order valence-corrected chi connectivity index (χ4v) is 2.46. The summed E-state index contributed by atoms with van der Waals surface area (Å²) in [4.78, 5) is 23.8. The Bertz CT molecular complexity index is 686. The van der Waals surface area contributed by atoms with E-state index >= 15 is 0 Å². The second-order valence-corrected chi connectivity index (χ2v) is 5.73. The smallest absolute Gasteiger partial charge is 0.217 e. The van der Waals surface area contributed by atoms with Crippen molar-refractivity contribution in [1.29, 1.82) is 0 Å². The monoisotopic (exact) mass is 335 g/mol. The highest BCUT2D eigenvalue weighted by Crippen LogP contribution is 2.27. The molecule has 0 saturated carbocycles. The molecular formula is C17H15Cl2NO2. The van der Waals surface area contributed by atoms with Crippen LogP contribution in [-0.2, 0) is 4.79 Å². The molecule has 0 fully saturated rings. The maximum Gasteiger partial charge on any atom is 0.217 e. The third-order valence-corrected chi connectivity index (χ3v) is 3.95. The van der Waals surface area contributed by atoms with Crippen molar-refractivity contribution in [1.82, 2.24) is 5.32 Å². The molecule has 1 N–H and O–H groups in total. The molecule has 2 aromatic carbocycles. The molecule has 0 aliphatic heterocycles. The Balaban J connectivity index is 2.24. The second kappa shape index (κ2) is 7.43. The van der Waals surface area contributed by atoms with E-state index in [4.69, 9.17) is 23.2 Å². The van der Waals surface area contributed by atoms with Gasteiger partial charge in [-0.05, 0) is 17.7 Å². The molecule has 114 valence electrons. The van der Waals surface area contributed by atoms with Crippen LogP contribution in [0, 0.1) is 0 Å². The molecule has 1 amide bonds. The molecule has 0 bridgehead atoms. The van der Waals surface area contributed by atoms with Crippen LogP contribution in [0.1, 0.15) is 35.3 Å². The minimum Gasteiger partial charge on any atom is -0.349 e. The van der Waals surface area contributed by atoms with E-state index in [0.717, 1.165) is 5.56 Å². The molecule has 5 heteroatoms. The highest BCUT2D eigenvalue weighted by atomic mass is 35.5. The number of ketones is 1. The normalized spacial score (nSPS) is 11.8. The van der Waals surface area contributed by atoms with Gasteiger partial charge in [-0.15, -0.1) is 0 Å². The van der Waals surface area contributed by atoms with E-state index in [1.807, 2.05) is 6.07 Å². The topological polar surface area (TPSA) is 46.2 Å². The predicted molar refractivity (Wildman–Crippen MR) is 88.4 cm³/mol. The van der Waals surface area contributed by atoms with Gasteiger partial charge in [-0.2, -0.15) is 0 Å².